The predicted molar refractivity (Wildman–Crippen MR) is 76.7 cm³/mol. The van der Waals surface area contributed by atoms with Crippen molar-refractivity contribution in [1.82, 2.24) is 0 Å². The van der Waals surface area contributed by atoms with Crippen LogP contribution in [0.5, 0.6) is 0 Å². The summed E-state index contributed by atoms with van der Waals surface area (Å²) in [5, 5.41) is 23.0. The van der Waals surface area contributed by atoms with Crippen molar-refractivity contribution in [3.05, 3.63) is 33.9 Å². The highest BCUT2D eigenvalue weighted by Crippen LogP contribution is 2.49. The van der Waals surface area contributed by atoms with Gasteiger partial charge in [0.15, 0.2) is 0 Å². The van der Waals surface area contributed by atoms with Crippen LogP contribution in [-0.2, 0) is 4.74 Å². The van der Waals surface area contributed by atoms with Gasteiger partial charge in [-0.25, -0.2) is 4.79 Å². The summed E-state index contributed by atoms with van der Waals surface area (Å²) in [6, 6.07) is 3.90. The van der Waals surface area contributed by atoms with Crippen molar-refractivity contribution >= 4 is 17.3 Å². The quantitative estimate of drug-likeness (QED) is 0.564. The lowest BCUT2D eigenvalue weighted by molar-refractivity contribution is -0.384. The number of rotatable bonds is 8. The topological polar surface area (TPSA) is 102 Å². The van der Waals surface area contributed by atoms with E-state index in [9.17, 15) is 14.9 Å². The molecule has 0 unspecified atom stereocenters. The number of carboxylic acids is 1. The number of nitrogens with zero attached hydrogens (tertiary/aromatic N) is 1. The molecule has 21 heavy (non-hydrogen) atoms. The van der Waals surface area contributed by atoms with Gasteiger partial charge in [-0.2, -0.15) is 0 Å². The van der Waals surface area contributed by atoms with Gasteiger partial charge in [-0.1, -0.05) is 0 Å². The number of nitro groups is 1. The fraction of sp³-hybridized carbons (Fsp3) is 0.500. The van der Waals surface area contributed by atoms with Crippen LogP contribution in [0.1, 0.15) is 29.6 Å². The summed E-state index contributed by atoms with van der Waals surface area (Å²) in [4.78, 5) is 21.4. The summed E-state index contributed by atoms with van der Waals surface area (Å²) >= 11 is 0. The fourth-order valence-corrected chi connectivity index (χ4v) is 2.26. The van der Waals surface area contributed by atoms with E-state index in [0.29, 0.717) is 18.8 Å². The number of anilines is 1. The monoisotopic (exact) mass is 294 g/mol. The maximum atomic E-state index is 11.1. The maximum absolute atomic E-state index is 11.1. The molecule has 0 aliphatic heterocycles. The van der Waals surface area contributed by atoms with Crippen molar-refractivity contribution < 1.29 is 19.6 Å². The first-order valence-electron chi connectivity index (χ1n) is 6.72. The van der Waals surface area contributed by atoms with Crippen LogP contribution >= 0.6 is 0 Å². The number of ether oxygens (including phenoxy) is 1. The zero-order valence-corrected chi connectivity index (χ0v) is 11.8. The zero-order valence-electron chi connectivity index (χ0n) is 11.8. The molecule has 1 aliphatic carbocycles. The summed E-state index contributed by atoms with van der Waals surface area (Å²) in [7, 11) is 1.65. The van der Waals surface area contributed by atoms with Crippen molar-refractivity contribution in [2.24, 2.45) is 5.41 Å². The Balaban J connectivity index is 2.09. The molecule has 0 saturated heterocycles. The molecule has 2 rings (SSSR count). The van der Waals surface area contributed by atoms with E-state index >= 15 is 0 Å². The molecule has 0 bridgehead atoms. The molecule has 0 amide bonds. The molecule has 0 aromatic heterocycles. The highest BCUT2D eigenvalue weighted by Gasteiger charge is 2.42. The van der Waals surface area contributed by atoms with Crippen LogP contribution in [0.3, 0.4) is 0 Å². The largest absolute Gasteiger partial charge is 0.478 e. The molecule has 1 saturated carbocycles. The third-order valence-corrected chi connectivity index (χ3v) is 3.89. The molecule has 114 valence electrons. The number of benzene rings is 1. The summed E-state index contributed by atoms with van der Waals surface area (Å²) in [5.74, 6) is -1.18. The van der Waals surface area contributed by atoms with Gasteiger partial charge in [0.25, 0.3) is 5.69 Å². The first-order valence-corrected chi connectivity index (χ1v) is 6.72. The number of aromatic carboxylic acids is 1. The van der Waals surface area contributed by atoms with E-state index in [1.807, 2.05) is 0 Å². The van der Waals surface area contributed by atoms with Crippen molar-refractivity contribution in [3.63, 3.8) is 0 Å². The molecule has 0 atom stereocenters. The Labute approximate surface area is 122 Å². The van der Waals surface area contributed by atoms with Gasteiger partial charge in [-0.3, -0.25) is 10.1 Å². The summed E-state index contributed by atoms with van der Waals surface area (Å²) in [6.07, 6.45) is 3.06. The first kappa shape index (κ1) is 15.2. The number of carbonyl (C=O) groups is 1. The molecule has 1 aliphatic rings. The number of hydrogen-bond donors (Lipinski definition) is 2. The number of nitrogens with one attached hydrogen (secondary N) is 1. The number of hydrogen-bond acceptors (Lipinski definition) is 5. The molecule has 2 N–H and O–H groups in total. The summed E-state index contributed by atoms with van der Waals surface area (Å²) in [5.41, 5.74) is 0.203. The number of carboxylic acid groups (broad SMARTS) is 1. The van der Waals surface area contributed by atoms with Crippen LogP contribution in [0, 0.1) is 15.5 Å². The van der Waals surface area contributed by atoms with E-state index in [1.165, 1.54) is 12.1 Å². The summed E-state index contributed by atoms with van der Waals surface area (Å²) < 4.78 is 5.07. The van der Waals surface area contributed by atoms with Crippen molar-refractivity contribution in [2.45, 2.75) is 19.3 Å². The average molecular weight is 294 g/mol. The summed E-state index contributed by atoms with van der Waals surface area (Å²) in [6.45, 7) is 1.30. The lowest BCUT2D eigenvalue weighted by atomic mass is 10.0. The second-order valence-corrected chi connectivity index (χ2v) is 5.39. The van der Waals surface area contributed by atoms with Crippen molar-refractivity contribution in [1.29, 1.82) is 0 Å². The average Bonchev–Trinajstić information content (AvgIpc) is 3.23. The van der Waals surface area contributed by atoms with Gasteiger partial charge in [0, 0.05) is 26.3 Å². The van der Waals surface area contributed by atoms with Crippen LogP contribution < -0.4 is 5.32 Å². The molecule has 1 fully saturated rings. The number of nitro benzene ring substituents is 1. The molecule has 0 spiro atoms. The molecule has 1 aromatic carbocycles. The van der Waals surface area contributed by atoms with Gasteiger partial charge in [0.05, 0.1) is 10.5 Å². The first-order chi connectivity index (χ1) is 9.97. The SMILES string of the molecule is COCCC1(CNc2ccc(C(=O)O)cc2[N+](=O)[O-])CC1. The Morgan fingerprint density at radius 3 is 2.76 bits per heavy atom. The lowest BCUT2D eigenvalue weighted by Gasteiger charge is -2.16. The predicted octanol–water partition coefficient (Wildman–Crippen LogP) is 2.52. The Bertz CT molecular complexity index is 554. The highest BCUT2D eigenvalue weighted by atomic mass is 16.6. The molecule has 7 heteroatoms. The van der Waals surface area contributed by atoms with E-state index in [4.69, 9.17) is 9.84 Å². The smallest absolute Gasteiger partial charge is 0.335 e. The molecule has 1 aromatic rings. The van der Waals surface area contributed by atoms with Crippen molar-refractivity contribution in [3.8, 4) is 0 Å². The lowest BCUT2D eigenvalue weighted by Crippen LogP contribution is -2.18. The molecular weight excluding hydrogens is 276 g/mol. The van der Waals surface area contributed by atoms with E-state index in [1.54, 1.807) is 7.11 Å². The second-order valence-electron chi connectivity index (χ2n) is 5.39. The van der Waals surface area contributed by atoms with E-state index in [-0.39, 0.29) is 16.7 Å². The molecule has 0 radical (unpaired) electrons. The molecule has 0 heterocycles. The Kier molecular flexibility index (Phi) is 4.42. The Morgan fingerprint density at radius 2 is 2.24 bits per heavy atom. The standard InChI is InChI=1S/C14H18N2O5/c1-21-7-6-14(4-5-14)9-15-11-3-2-10(13(17)18)8-12(11)16(19)20/h2-3,8,15H,4-7,9H2,1H3,(H,17,18). The van der Waals surface area contributed by atoms with Crippen LogP contribution in [0.2, 0.25) is 0 Å². The minimum absolute atomic E-state index is 0.0900. The zero-order chi connectivity index (χ0) is 15.5. The van der Waals surface area contributed by atoms with Gasteiger partial charge in [0.2, 0.25) is 0 Å². The van der Waals surface area contributed by atoms with Crippen LogP contribution in [0.25, 0.3) is 0 Å². The third-order valence-electron chi connectivity index (χ3n) is 3.89. The van der Waals surface area contributed by atoms with Gasteiger partial charge >= 0.3 is 5.97 Å². The van der Waals surface area contributed by atoms with Crippen LogP contribution in [-0.4, -0.2) is 36.3 Å². The maximum Gasteiger partial charge on any atom is 0.335 e. The molecular formula is C14H18N2O5. The van der Waals surface area contributed by atoms with Gasteiger partial charge in [-0.15, -0.1) is 0 Å². The van der Waals surface area contributed by atoms with Gasteiger partial charge < -0.3 is 15.2 Å². The minimum atomic E-state index is -1.18. The van der Waals surface area contributed by atoms with E-state index < -0.39 is 10.9 Å². The Morgan fingerprint density at radius 1 is 1.52 bits per heavy atom. The highest BCUT2D eigenvalue weighted by molar-refractivity contribution is 5.89. The van der Waals surface area contributed by atoms with E-state index in [0.717, 1.165) is 25.3 Å². The second kappa shape index (κ2) is 6.09. The third kappa shape index (κ3) is 3.69. The van der Waals surface area contributed by atoms with E-state index in [2.05, 4.69) is 5.32 Å². The fourth-order valence-electron chi connectivity index (χ4n) is 2.26. The minimum Gasteiger partial charge on any atom is -0.478 e. The van der Waals surface area contributed by atoms with Crippen LogP contribution in [0.4, 0.5) is 11.4 Å². The molecule has 7 nitrogen and oxygen atoms in total. The van der Waals surface area contributed by atoms with Crippen LogP contribution in [0.15, 0.2) is 18.2 Å². The number of methoxy groups -OCH3 is 1. The van der Waals surface area contributed by atoms with Gasteiger partial charge in [-0.05, 0) is 36.8 Å². The van der Waals surface area contributed by atoms with Crippen molar-refractivity contribution in [2.75, 3.05) is 25.6 Å². The normalized spacial score (nSPS) is 15.5. The van der Waals surface area contributed by atoms with Gasteiger partial charge in [0.1, 0.15) is 5.69 Å². The Hall–Kier alpha value is -2.15.